The van der Waals surface area contributed by atoms with E-state index in [9.17, 15) is 23.1 Å². The van der Waals surface area contributed by atoms with Crippen LogP contribution in [0.4, 0.5) is 13.2 Å². The molecule has 2 N–H and O–H groups in total. The fraction of sp³-hybridized carbons (Fsp3) is 0.0400. The molecule has 36 heavy (non-hydrogen) atoms. The number of fused-ring (bicyclic) bond motifs is 1. The predicted octanol–water partition coefficient (Wildman–Crippen LogP) is 5.64. The van der Waals surface area contributed by atoms with Gasteiger partial charge in [0.15, 0.2) is 5.69 Å². The summed E-state index contributed by atoms with van der Waals surface area (Å²) in [5, 5.41) is 20.2. The maximum absolute atomic E-state index is 13.5. The van der Waals surface area contributed by atoms with Gasteiger partial charge in [-0.05, 0) is 52.7 Å². The molecule has 0 aliphatic rings. The first-order chi connectivity index (χ1) is 17.3. The molecule has 180 valence electrons. The lowest BCUT2D eigenvalue weighted by Crippen LogP contribution is -2.18. The first-order valence-corrected chi connectivity index (χ1v) is 11.4. The van der Waals surface area contributed by atoms with Crippen molar-refractivity contribution in [3.63, 3.8) is 0 Å². The summed E-state index contributed by atoms with van der Waals surface area (Å²) in [5.74, 6) is -0.537. The Bertz CT molecular complexity index is 1590. The van der Waals surface area contributed by atoms with Crippen LogP contribution in [0.5, 0.6) is 5.75 Å². The SMILES string of the molecule is O=C(NN=Cc1ccc(O)cc1)c1csc(-n2nc(C(F)(F)F)cc2-c2ccc3ccccc3c2)n1. The van der Waals surface area contributed by atoms with Gasteiger partial charge in [0.2, 0.25) is 5.13 Å². The number of amides is 1. The number of alkyl halides is 3. The van der Waals surface area contributed by atoms with Gasteiger partial charge in [-0.25, -0.2) is 15.1 Å². The van der Waals surface area contributed by atoms with Crippen molar-refractivity contribution >= 4 is 34.2 Å². The zero-order valence-electron chi connectivity index (χ0n) is 18.3. The molecular formula is C25H16F3N5O2S. The van der Waals surface area contributed by atoms with Crippen LogP contribution in [0.2, 0.25) is 0 Å². The molecule has 2 heterocycles. The molecule has 0 saturated carbocycles. The summed E-state index contributed by atoms with van der Waals surface area (Å²) in [7, 11) is 0. The van der Waals surface area contributed by atoms with Gasteiger partial charge in [-0.2, -0.15) is 23.4 Å². The maximum atomic E-state index is 13.5. The number of phenols is 1. The van der Waals surface area contributed by atoms with Gasteiger partial charge in [0.1, 0.15) is 11.4 Å². The van der Waals surface area contributed by atoms with Crippen LogP contribution in [-0.4, -0.2) is 32.0 Å². The average Bonchev–Trinajstić information content (AvgIpc) is 3.53. The third kappa shape index (κ3) is 4.82. The minimum absolute atomic E-state index is 0.0219. The summed E-state index contributed by atoms with van der Waals surface area (Å²) in [4.78, 5) is 16.7. The summed E-state index contributed by atoms with van der Waals surface area (Å²) in [6, 6.07) is 20.0. The number of hydrazone groups is 1. The molecule has 0 atom stereocenters. The summed E-state index contributed by atoms with van der Waals surface area (Å²) < 4.78 is 41.6. The van der Waals surface area contributed by atoms with Gasteiger partial charge in [-0.3, -0.25) is 4.79 Å². The van der Waals surface area contributed by atoms with Crippen LogP contribution in [0.15, 0.2) is 83.3 Å². The first-order valence-electron chi connectivity index (χ1n) is 10.5. The highest BCUT2D eigenvalue weighted by atomic mass is 32.1. The number of hydrogen-bond acceptors (Lipinski definition) is 6. The Hall–Kier alpha value is -4.51. The number of carbonyl (C=O) groups excluding carboxylic acids is 1. The summed E-state index contributed by atoms with van der Waals surface area (Å²) >= 11 is 0.980. The van der Waals surface area contributed by atoms with Gasteiger partial charge >= 0.3 is 6.18 Å². The lowest BCUT2D eigenvalue weighted by molar-refractivity contribution is -0.141. The molecule has 7 nitrogen and oxygen atoms in total. The second-order valence-electron chi connectivity index (χ2n) is 7.69. The topological polar surface area (TPSA) is 92.4 Å². The van der Waals surface area contributed by atoms with Crippen LogP contribution < -0.4 is 5.43 Å². The fourth-order valence-corrected chi connectivity index (χ4v) is 4.24. The molecule has 0 radical (unpaired) electrons. The molecule has 0 aliphatic heterocycles. The highest BCUT2D eigenvalue weighted by Crippen LogP contribution is 2.34. The van der Waals surface area contributed by atoms with E-state index in [0.29, 0.717) is 11.1 Å². The quantitative estimate of drug-likeness (QED) is 0.238. The molecule has 0 aliphatic carbocycles. The van der Waals surface area contributed by atoms with Gasteiger partial charge in [0.25, 0.3) is 5.91 Å². The molecule has 11 heteroatoms. The molecule has 1 amide bonds. The number of aromatic hydroxyl groups is 1. The Labute approximate surface area is 206 Å². The number of carbonyl (C=O) groups is 1. The van der Waals surface area contributed by atoms with Crippen molar-refractivity contribution < 1.29 is 23.1 Å². The van der Waals surface area contributed by atoms with E-state index in [1.807, 2.05) is 30.3 Å². The second kappa shape index (κ2) is 9.27. The molecule has 5 aromatic rings. The number of thiazole rings is 1. The zero-order chi connectivity index (χ0) is 25.3. The first kappa shape index (κ1) is 23.2. The number of benzene rings is 3. The molecule has 0 bridgehead atoms. The molecule has 0 saturated heterocycles. The number of nitrogens with one attached hydrogen (secondary N) is 1. The summed E-state index contributed by atoms with van der Waals surface area (Å²) in [6.45, 7) is 0. The standard InChI is InChI=1S/C25H16F3N5O2S/c26-25(27,28)22-12-21(18-8-7-16-3-1-2-4-17(16)11-18)33(32-22)24-30-20(14-36-24)23(35)31-29-13-15-5-9-19(34)10-6-15/h1-14,34H,(H,31,35). The molecule has 0 spiro atoms. The lowest BCUT2D eigenvalue weighted by atomic mass is 10.0. The van der Waals surface area contributed by atoms with Gasteiger partial charge in [0, 0.05) is 10.9 Å². The Morgan fingerprint density at radius 3 is 2.53 bits per heavy atom. The number of aromatic nitrogens is 3. The number of halogens is 3. The molecule has 2 aromatic heterocycles. The van der Waals surface area contributed by atoms with Crippen LogP contribution in [-0.2, 0) is 6.18 Å². The number of phenolic OH excluding ortho intramolecular Hbond substituents is 1. The largest absolute Gasteiger partial charge is 0.508 e. The van der Waals surface area contributed by atoms with Crippen LogP contribution in [0.3, 0.4) is 0 Å². The van der Waals surface area contributed by atoms with E-state index >= 15 is 0 Å². The van der Waals surface area contributed by atoms with Crippen molar-refractivity contribution in [2.45, 2.75) is 6.18 Å². The summed E-state index contributed by atoms with van der Waals surface area (Å²) in [5.41, 5.74) is 2.60. The van der Waals surface area contributed by atoms with Crippen molar-refractivity contribution in [3.8, 4) is 22.1 Å². The van der Waals surface area contributed by atoms with E-state index in [1.165, 1.54) is 23.7 Å². The van der Waals surface area contributed by atoms with Crippen LogP contribution in [0.25, 0.3) is 27.2 Å². The van der Waals surface area contributed by atoms with Crippen LogP contribution in [0, 0.1) is 0 Å². The predicted molar refractivity (Wildman–Crippen MR) is 130 cm³/mol. The van der Waals surface area contributed by atoms with Gasteiger partial charge < -0.3 is 5.11 Å². The van der Waals surface area contributed by atoms with E-state index in [4.69, 9.17) is 0 Å². The smallest absolute Gasteiger partial charge is 0.435 e. The highest BCUT2D eigenvalue weighted by Gasteiger charge is 2.35. The number of nitrogens with zero attached hydrogens (tertiary/aromatic N) is 4. The molecule has 0 unspecified atom stereocenters. The minimum atomic E-state index is -4.66. The van der Waals surface area contributed by atoms with E-state index < -0.39 is 17.8 Å². The van der Waals surface area contributed by atoms with Crippen LogP contribution in [0.1, 0.15) is 21.7 Å². The monoisotopic (exact) mass is 507 g/mol. The fourth-order valence-electron chi connectivity index (χ4n) is 3.47. The van der Waals surface area contributed by atoms with Gasteiger partial charge in [-0.1, -0.05) is 36.4 Å². The van der Waals surface area contributed by atoms with Gasteiger partial charge in [-0.15, -0.1) is 11.3 Å². The van der Waals surface area contributed by atoms with E-state index in [-0.39, 0.29) is 22.3 Å². The van der Waals surface area contributed by atoms with Gasteiger partial charge in [0.05, 0.1) is 11.9 Å². The normalized spacial score (nSPS) is 11.9. The minimum Gasteiger partial charge on any atom is -0.508 e. The second-order valence-corrected chi connectivity index (χ2v) is 8.53. The van der Waals surface area contributed by atoms with E-state index in [2.05, 4.69) is 20.6 Å². The van der Waals surface area contributed by atoms with E-state index in [0.717, 1.165) is 32.9 Å². The number of hydrogen-bond donors (Lipinski definition) is 2. The molecule has 3 aromatic carbocycles. The van der Waals surface area contributed by atoms with Crippen molar-refractivity contribution in [1.82, 2.24) is 20.2 Å². The number of rotatable bonds is 5. The molecule has 5 rings (SSSR count). The highest BCUT2D eigenvalue weighted by molar-refractivity contribution is 7.12. The van der Waals surface area contributed by atoms with Crippen molar-refractivity contribution in [2.75, 3.05) is 0 Å². The Morgan fingerprint density at radius 2 is 1.78 bits per heavy atom. The maximum Gasteiger partial charge on any atom is 0.435 e. The Kier molecular flexibility index (Phi) is 5.98. The van der Waals surface area contributed by atoms with E-state index in [1.54, 1.807) is 24.3 Å². The van der Waals surface area contributed by atoms with Crippen molar-refractivity contribution in [1.29, 1.82) is 0 Å². The Morgan fingerprint density at radius 1 is 1.03 bits per heavy atom. The third-order valence-corrected chi connectivity index (χ3v) is 6.04. The van der Waals surface area contributed by atoms with Crippen molar-refractivity contribution in [2.24, 2.45) is 5.10 Å². The molecular weight excluding hydrogens is 491 g/mol. The average molecular weight is 507 g/mol. The summed E-state index contributed by atoms with van der Waals surface area (Å²) in [6.07, 6.45) is -3.27. The Balaban J connectivity index is 1.45. The lowest BCUT2D eigenvalue weighted by Gasteiger charge is -2.06. The van der Waals surface area contributed by atoms with Crippen molar-refractivity contribution in [3.05, 3.63) is 95.1 Å². The molecule has 0 fully saturated rings. The van der Waals surface area contributed by atoms with Crippen LogP contribution >= 0.6 is 11.3 Å². The zero-order valence-corrected chi connectivity index (χ0v) is 19.1. The third-order valence-electron chi connectivity index (χ3n) is 5.22.